The maximum absolute atomic E-state index is 11.6. The van der Waals surface area contributed by atoms with Crippen molar-refractivity contribution < 1.29 is 9.53 Å². The third-order valence-corrected chi connectivity index (χ3v) is 2.92. The van der Waals surface area contributed by atoms with Crippen LogP contribution in [0.25, 0.3) is 0 Å². The lowest BCUT2D eigenvalue weighted by Crippen LogP contribution is -2.47. The summed E-state index contributed by atoms with van der Waals surface area (Å²) >= 11 is 0. The van der Waals surface area contributed by atoms with Crippen molar-refractivity contribution in [1.29, 1.82) is 0 Å². The van der Waals surface area contributed by atoms with Gasteiger partial charge in [0.2, 0.25) is 5.91 Å². The normalized spacial score (nSPS) is 23.5. The van der Waals surface area contributed by atoms with Crippen LogP contribution in [0.4, 0.5) is 0 Å². The van der Waals surface area contributed by atoms with Crippen LogP contribution in [0.2, 0.25) is 0 Å². The smallest absolute Gasteiger partial charge is 0.222 e. The Balaban J connectivity index is 2.54. The fourth-order valence-electron chi connectivity index (χ4n) is 1.91. The Labute approximate surface area is 92.6 Å². The van der Waals surface area contributed by atoms with Crippen molar-refractivity contribution in [1.82, 2.24) is 5.32 Å². The summed E-state index contributed by atoms with van der Waals surface area (Å²) in [6, 6.07) is 0.169. The van der Waals surface area contributed by atoms with E-state index in [1.807, 2.05) is 13.8 Å². The molecule has 3 nitrogen and oxygen atoms in total. The second kappa shape index (κ2) is 5.50. The summed E-state index contributed by atoms with van der Waals surface area (Å²) in [5.74, 6) is 0.604. The second-order valence-corrected chi connectivity index (χ2v) is 4.98. The lowest BCUT2D eigenvalue weighted by atomic mass is 9.96. The van der Waals surface area contributed by atoms with Gasteiger partial charge < -0.3 is 10.1 Å². The molecule has 0 aromatic rings. The van der Waals surface area contributed by atoms with Crippen molar-refractivity contribution in [3.63, 3.8) is 0 Å². The highest BCUT2D eigenvalue weighted by Crippen LogP contribution is 2.20. The van der Waals surface area contributed by atoms with Gasteiger partial charge in [0.1, 0.15) is 0 Å². The number of amides is 1. The van der Waals surface area contributed by atoms with Crippen LogP contribution in [0.3, 0.4) is 0 Å². The van der Waals surface area contributed by atoms with Crippen molar-refractivity contribution in [2.75, 3.05) is 6.61 Å². The number of carbonyl (C=O) groups is 1. The number of hydrogen-bond acceptors (Lipinski definition) is 2. The van der Waals surface area contributed by atoms with E-state index in [0.717, 1.165) is 19.4 Å². The zero-order valence-corrected chi connectivity index (χ0v) is 10.2. The number of nitrogens with one attached hydrogen (secondary N) is 1. The molecule has 1 N–H and O–H groups in total. The molecule has 0 bridgehead atoms. The highest BCUT2D eigenvalue weighted by atomic mass is 16.5. The Morgan fingerprint density at radius 2 is 2.00 bits per heavy atom. The molecule has 0 aromatic carbocycles. The molecule has 15 heavy (non-hydrogen) atoms. The summed E-state index contributed by atoms with van der Waals surface area (Å²) in [4.78, 5) is 11.6. The highest BCUT2D eigenvalue weighted by Gasteiger charge is 2.29. The zero-order chi connectivity index (χ0) is 11.4. The van der Waals surface area contributed by atoms with E-state index in [1.165, 1.54) is 0 Å². The second-order valence-electron chi connectivity index (χ2n) is 4.98. The topological polar surface area (TPSA) is 38.3 Å². The van der Waals surface area contributed by atoms with E-state index < -0.39 is 0 Å². The number of rotatable bonds is 4. The Morgan fingerprint density at radius 1 is 1.33 bits per heavy atom. The summed E-state index contributed by atoms with van der Waals surface area (Å²) < 4.78 is 5.64. The molecule has 3 heteroatoms. The third kappa shape index (κ3) is 3.49. The van der Waals surface area contributed by atoms with Crippen molar-refractivity contribution in [3.8, 4) is 0 Å². The van der Waals surface area contributed by atoms with Crippen molar-refractivity contribution in [2.45, 2.75) is 52.7 Å². The first-order valence-corrected chi connectivity index (χ1v) is 5.94. The summed E-state index contributed by atoms with van der Waals surface area (Å²) in [5, 5.41) is 3.09. The highest BCUT2D eigenvalue weighted by molar-refractivity contribution is 5.78. The molecular formula is C12H23NO2. The molecule has 1 rings (SSSR count). The fraction of sp³-hybridized carbons (Fsp3) is 0.917. The molecule has 1 aliphatic heterocycles. The van der Waals surface area contributed by atoms with Crippen LogP contribution in [0.15, 0.2) is 0 Å². The molecule has 2 atom stereocenters. The van der Waals surface area contributed by atoms with Gasteiger partial charge in [-0.15, -0.1) is 0 Å². The number of carbonyl (C=O) groups excluding carboxylic acids is 1. The van der Waals surface area contributed by atoms with Crippen LogP contribution in [0, 0.1) is 11.8 Å². The number of hydrogen-bond donors (Lipinski definition) is 1. The lowest BCUT2D eigenvalue weighted by Gasteiger charge is -2.28. The van der Waals surface area contributed by atoms with Gasteiger partial charge in [0.05, 0.1) is 12.1 Å². The first-order chi connectivity index (χ1) is 7.02. The predicted octanol–water partition coefficient (Wildman–Crippen LogP) is 1.96. The molecule has 0 saturated carbocycles. The van der Waals surface area contributed by atoms with Gasteiger partial charge >= 0.3 is 0 Å². The van der Waals surface area contributed by atoms with Gasteiger partial charge in [-0.3, -0.25) is 4.79 Å². The molecule has 0 unspecified atom stereocenters. The molecule has 1 aliphatic rings. The summed E-state index contributed by atoms with van der Waals surface area (Å²) in [7, 11) is 0. The standard InChI is InChI=1S/C12H23NO2/c1-8(2)11(10-6-5-7-15-10)13-12(14)9(3)4/h8-11H,5-7H2,1-4H3,(H,13,14)/t10-,11+/m0/s1. The molecular weight excluding hydrogens is 190 g/mol. The Hall–Kier alpha value is -0.570. The minimum atomic E-state index is 0.0488. The van der Waals surface area contributed by atoms with Crippen molar-refractivity contribution in [2.24, 2.45) is 11.8 Å². The first-order valence-electron chi connectivity index (χ1n) is 5.94. The van der Waals surface area contributed by atoms with E-state index in [2.05, 4.69) is 19.2 Å². The van der Waals surface area contributed by atoms with Crippen LogP contribution in [-0.4, -0.2) is 24.7 Å². The van der Waals surface area contributed by atoms with Crippen molar-refractivity contribution >= 4 is 5.91 Å². The van der Waals surface area contributed by atoms with Crippen LogP contribution < -0.4 is 5.32 Å². The number of ether oxygens (including phenoxy) is 1. The summed E-state index contributed by atoms with van der Waals surface area (Å²) in [5.41, 5.74) is 0. The van der Waals surface area contributed by atoms with E-state index >= 15 is 0 Å². The maximum atomic E-state index is 11.6. The minimum Gasteiger partial charge on any atom is -0.376 e. The molecule has 1 fully saturated rings. The van der Waals surface area contributed by atoms with Crippen LogP contribution in [0.5, 0.6) is 0 Å². The van der Waals surface area contributed by atoms with E-state index in [4.69, 9.17) is 4.74 Å². The van der Waals surface area contributed by atoms with E-state index in [0.29, 0.717) is 5.92 Å². The van der Waals surface area contributed by atoms with Crippen molar-refractivity contribution in [3.05, 3.63) is 0 Å². The monoisotopic (exact) mass is 213 g/mol. The van der Waals surface area contributed by atoms with E-state index in [1.54, 1.807) is 0 Å². The molecule has 1 amide bonds. The summed E-state index contributed by atoms with van der Waals surface area (Å²) in [6.45, 7) is 8.94. The van der Waals surface area contributed by atoms with Gasteiger partial charge in [-0.1, -0.05) is 27.7 Å². The van der Waals surface area contributed by atoms with Gasteiger partial charge in [0.15, 0.2) is 0 Å². The van der Waals surface area contributed by atoms with Crippen LogP contribution in [0.1, 0.15) is 40.5 Å². The Morgan fingerprint density at radius 3 is 2.40 bits per heavy atom. The molecule has 0 spiro atoms. The Bertz CT molecular complexity index is 208. The van der Waals surface area contributed by atoms with E-state index in [-0.39, 0.29) is 24.0 Å². The molecule has 0 radical (unpaired) electrons. The van der Waals surface area contributed by atoms with Crippen LogP contribution in [-0.2, 0) is 9.53 Å². The minimum absolute atomic E-state index is 0.0488. The quantitative estimate of drug-likeness (QED) is 0.775. The zero-order valence-electron chi connectivity index (χ0n) is 10.2. The van der Waals surface area contributed by atoms with E-state index in [9.17, 15) is 4.79 Å². The van der Waals surface area contributed by atoms with Gasteiger partial charge in [0.25, 0.3) is 0 Å². The Kier molecular flexibility index (Phi) is 4.58. The molecule has 0 aromatic heterocycles. The first kappa shape index (κ1) is 12.5. The molecule has 1 saturated heterocycles. The van der Waals surface area contributed by atoms with Gasteiger partial charge in [-0.25, -0.2) is 0 Å². The van der Waals surface area contributed by atoms with Gasteiger partial charge in [-0.05, 0) is 18.8 Å². The largest absolute Gasteiger partial charge is 0.376 e. The average Bonchev–Trinajstić information content (AvgIpc) is 2.65. The lowest BCUT2D eigenvalue weighted by molar-refractivity contribution is -0.126. The molecule has 0 aliphatic carbocycles. The summed E-state index contributed by atoms with van der Waals surface area (Å²) in [6.07, 6.45) is 2.40. The third-order valence-electron chi connectivity index (χ3n) is 2.92. The molecule has 1 heterocycles. The van der Waals surface area contributed by atoms with Gasteiger partial charge in [0, 0.05) is 12.5 Å². The maximum Gasteiger partial charge on any atom is 0.222 e. The van der Waals surface area contributed by atoms with Gasteiger partial charge in [-0.2, -0.15) is 0 Å². The average molecular weight is 213 g/mol. The molecule has 88 valence electrons. The SMILES string of the molecule is CC(C)C(=O)N[C@H](C(C)C)[C@@H]1CCCO1. The fourth-order valence-corrected chi connectivity index (χ4v) is 1.91. The van der Waals surface area contributed by atoms with Crippen LogP contribution >= 0.6 is 0 Å². The predicted molar refractivity (Wildman–Crippen MR) is 60.6 cm³/mol.